The molecule has 0 bridgehead atoms. The number of allylic oxidation sites excluding steroid dienone is 1. The van der Waals surface area contributed by atoms with Crippen LogP contribution in [0.25, 0.3) is 0 Å². The number of alkyl halides is 2. The third kappa shape index (κ3) is 28.6. The van der Waals surface area contributed by atoms with Crippen LogP contribution in [0.15, 0.2) is 12.7 Å². The molecule has 0 N–H and O–H groups in total. The number of halogens is 2. The van der Waals surface area contributed by atoms with Gasteiger partial charge < -0.3 is 24.2 Å². The minimum Gasteiger partial charge on any atom is -0.381 e. The maximum Gasteiger partial charge on any atom is 0.227 e. The normalized spacial score (nSPS) is 28.6. The van der Waals surface area contributed by atoms with Gasteiger partial charge in [0.05, 0.1) is 63.8 Å². The van der Waals surface area contributed by atoms with Crippen molar-refractivity contribution in [1.29, 1.82) is 0 Å². The van der Waals surface area contributed by atoms with Crippen molar-refractivity contribution in [2.75, 3.05) is 63.3 Å². The van der Waals surface area contributed by atoms with E-state index in [1.54, 1.807) is 20.8 Å². The van der Waals surface area contributed by atoms with Gasteiger partial charge in [-0.2, -0.15) is 0 Å². The number of hydrogen-bond donors (Lipinski definition) is 0. The molecule has 0 aromatic rings. The summed E-state index contributed by atoms with van der Waals surface area (Å²) >= 11 is 13.3. The number of rotatable bonds is 51. The largest absolute Gasteiger partial charge is 0.381 e. The maximum atomic E-state index is 14.7. The van der Waals surface area contributed by atoms with Gasteiger partial charge in [0.15, 0.2) is 64.2 Å². The van der Waals surface area contributed by atoms with Crippen LogP contribution in [0.3, 0.4) is 0 Å². The van der Waals surface area contributed by atoms with Gasteiger partial charge in [0.2, 0.25) is 35.1 Å². The smallest absolute Gasteiger partial charge is 0.227 e. The van der Waals surface area contributed by atoms with Gasteiger partial charge >= 0.3 is 0 Å². The summed E-state index contributed by atoms with van der Waals surface area (Å²) in [4.78, 5) is 212. The van der Waals surface area contributed by atoms with E-state index in [0.29, 0.717) is 135 Å². The van der Waals surface area contributed by atoms with Crippen molar-refractivity contribution >= 4 is 140 Å². The van der Waals surface area contributed by atoms with E-state index in [9.17, 15) is 97.2 Å². The van der Waals surface area contributed by atoms with Crippen LogP contribution in [0.1, 0.15) is 407 Å². The van der Waals surface area contributed by atoms with Gasteiger partial charge in [-0.15, -0.1) is 29.8 Å². The Balaban J connectivity index is 0.000000198. The highest BCUT2D eigenvalue weighted by atomic mass is 35.5. The van der Waals surface area contributed by atoms with Crippen LogP contribution in [-0.2, 0) is 111 Å². The predicted octanol–water partition coefficient (Wildman–Crippen LogP) is 20.1. The van der Waals surface area contributed by atoms with E-state index in [-0.39, 0.29) is 219 Å². The number of hydrogen-bond acceptors (Lipinski definition) is 23. The van der Waals surface area contributed by atoms with Crippen LogP contribution >= 0.6 is 23.2 Å². The zero-order chi connectivity index (χ0) is 110. The van der Waals surface area contributed by atoms with E-state index >= 15 is 0 Å². The topological polar surface area (TPSA) is 387 Å². The first-order valence-electron chi connectivity index (χ1n) is 57.6. The molecule has 6 aliphatic heterocycles. The summed E-state index contributed by atoms with van der Waals surface area (Å²) in [7, 11) is -10.2. The molecule has 31 heteroatoms. The lowest BCUT2D eigenvalue weighted by molar-refractivity contribution is -0.148. The molecule has 6 heterocycles. The van der Waals surface area contributed by atoms with Crippen LogP contribution in [0.4, 0.5) is 0 Å². The lowest BCUT2D eigenvalue weighted by atomic mass is 9.66. The van der Waals surface area contributed by atoms with E-state index in [0.717, 1.165) is 109 Å². The van der Waals surface area contributed by atoms with Crippen molar-refractivity contribution in [3.63, 3.8) is 0 Å². The number of unbranched alkanes of at least 4 members (excludes halogenated alkanes) is 3. The molecular formula is C118H183Cl2N3O23S3. The summed E-state index contributed by atoms with van der Waals surface area (Å²) < 4.78 is 89.8. The maximum absolute atomic E-state index is 14.7. The molecule has 0 aromatic heterocycles. The van der Waals surface area contributed by atoms with Gasteiger partial charge in [0.1, 0.15) is 21.7 Å². The lowest BCUT2D eigenvalue weighted by Crippen LogP contribution is -2.52. The molecule has 26 nitrogen and oxygen atoms in total. The Morgan fingerprint density at radius 3 is 1.13 bits per heavy atom. The van der Waals surface area contributed by atoms with Gasteiger partial charge in [-0.3, -0.25) is 71.9 Å². The molecule has 0 radical (unpaired) electrons. The van der Waals surface area contributed by atoms with Crippen LogP contribution < -0.4 is 0 Å². The average Bonchev–Trinajstić information content (AvgIpc) is 1.53. The van der Waals surface area contributed by atoms with Crippen molar-refractivity contribution in [2.45, 2.75) is 444 Å². The molecule has 8 aliphatic carbocycles. The summed E-state index contributed by atoms with van der Waals surface area (Å²) in [6.07, 6.45) is 27.0. The molecule has 14 rings (SSSR count). The van der Waals surface area contributed by atoms with E-state index in [4.69, 9.17) is 32.7 Å². The summed E-state index contributed by atoms with van der Waals surface area (Å²) in [5.41, 5.74) is -3.98. The summed E-state index contributed by atoms with van der Waals surface area (Å²) in [6, 6.07) is -2.32. The Hall–Kier alpha value is -5.46. The molecule has 3 amide bonds. The van der Waals surface area contributed by atoms with Gasteiger partial charge in [0.25, 0.3) is 0 Å². The fraction of sp³-hybridized carbons (Fsp3) is 0.856. The van der Waals surface area contributed by atoms with Gasteiger partial charge in [-0.05, 0) is 201 Å². The van der Waals surface area contributed by atoms with Crippen LogP contribution in [0.2, 0.25) is 0 Å². The molecular weight excluding hydrogens is 1990 g/mol. The number of ether oxygens (including phenoxy) is 2. The molecule has 14 fully saturated rings. The van der Waals surface area contributed by atoms with E-state index in [1.807, 2.05) is 90.0 Å². The minimum absolute atomic E-state index is 0.00133. The van der Waals surface area contributed by atoms with Gasteiger partial charge in [0, 0.05) is 157 Å². The van der Waals surface area contributed by atoms with Crippen molar-refractivity contribution in [3.05, 3.63) is 12.7 Å². The van der Waals surface area contributed by atoms with Crippen molar-refractivity contribution in [1.82, 2.24) is 14.7 Å². The van der Waals surface area contributed by atoms with Crippen LogP contribution in [-0.4, -0.2) is 228 Å². The number of likely N-dealkylation sites (tertiary alicyclic amines) is 3. The highest BCUT2D eigenvalue weighted by Crippen LogP contribution is 2.69. The third-order valence-electron chi connectivity index (χ3n) is 38.8. The Kier molecular flexibility index (Phi) is 40.1. The SMILES string of the molecule is C=CCCC(=O)C(=O)[C@H](CCCC)CC(=O)[C@@H]1[C@@H]2C(CN1C(=O)[C@@H](CC(=O)CC1(C3COCCS3(=O)=O)CCCCC1)C(C)(C)C)C2(C)C.CCCC[C@H](CC(=O)[C@@H]1[C@@H]2C(CN1C(=O)[C@@H](CC(=O)CC1(C3CCCS3(=O)=O)CCCCC1)C(C)(C)C)C2(Cl)Cl)C(=O)C(=O)CC1CC1.CCCC[C@H](CC(=O)[C@@H]1[C@@H]2[C@H](CN1C(=O)[C@@H](CC(=O)CC1(CS(=O)(=O)C3(C)CCOCC3)CCCCC1)C(C)(C)C)C2(C)C)C(=O)C(=O)CC1CC1. The summed E-state index contributed by atoms with van der Waals surface area (Å²) in [5, 5.41) is -1.23. The average molecular weight is 2180 g/mol. The molecule has 0 spiro atoms. The second kappa shape index (κ2) is 48.9. The highest BCUT2D eigenvalue weighted by molar-refractivity contribution is 7.93. The molecule has 8 saturated carbocycles. The molecule has 149 heavy (non-hydrogen) atoms. The highest BCUT2D eigenvalue weighted by Gasteiger charge is 2.75. The summed E-state index contributed by atoms with van der Waals surface area (Å²) in [6.45, 7) is 39.5. The zero-order valence-corrected chi connectivity index (χ0v) is 97.3. The number of ketones is 12. The fourth-order valence-corrected chi connectivity index (χ4v) is 36.2. The quantitative estimate of drug-likeness (QED) is 0.0310. The third-order valence-corrected chi connectivity index (χ3v) is 47.5. The molecule has 6 saturated heterocycles. The Morgan fingerprint density at radius 1 is 0.423 bits per heavy atom. The van der Waals surface area contributed by atoms with E-state index in [1.165, 1.54) is 0 Å². The second-order valence-electron chi connectivity index (χ2n) is 53.7. The van der Waals surface area contributed by atoms with Crippen molar-refractivity contribution in [3.8, 4) is 0 Å². The first-order chi connectivity index (χ1) is 69.6. The number of piperidine rings is 3. The molecule has 840 valence electrons. The van der Waals surface area contributed by atoms with Gasteiger partial charge in [-0.25, -0.2) is 25.3 Å². The Labute approximate surface area is 901 Å². The standard InChI is InChI=1S/C42H67NO8S.C39H61NO8S.C37H55Cl2NO7S/c1-8-9-13-29(37(47)34(46)22-28-14-15-28)23-33(45)36-35-32(40(35,5)6)26-43(36)38(48)31(39(2,3)4)24-30(44)25-42(16-11-10-12-17-42)27-52(49,50)41(7)18-20-51-21-19-41;1-8-10-15-26(35(44)30(42)16-11-9-2)21-31(43)34-33-29(38(33,6)7)24-40(34)36(45)28(37(3,4)5)22-27(41)23-39(17-13-12-14-18-39)32-25-48-19-20-49(32,46)47;1-5-6-11-24(33(44)29(43)18-23-13-14-23)19-28(42)32-31-27(37(31,38)39)22-40(32)34(45)26(35(2,3)4)20-25(41)21-36(15-8-7-9-16-36)30-12-10-17-48(30,46)47/h28-29,31-32,35-36H,8-27H2,1-7H3;9,26,28-29,32-34H,2,8,10-25H2,1,3-7H3;23-24,26-27,30-32H,5-22H2,1-4H3/t29-,31-,32+,35+,36-;26-,28-,29?,32?,33+,34-;24-,26-,27?,30?,31+,32-/m111/s1. The fourth-order valence-electron chi connectivity index (χ4n) is 28.5. The number of fused-ring (bicyclic) bond motifs is 3. The zero-order valence-electron chi connectivity index (χ0n) is 93.4. The van der Waals surface area contributed by atoms with Crippen molar-refractivity contribution in [2.24, 2.45) is 126 Å². The predicted molar refractivity (Wildman–Crippen MR) is 577 cm³/mol. The monoisotopic (exact) mass is 2180 g/mol. The molecule has 4 unspecified atom stereocenters. The van der Waals surface area contributed by atoms with E-state index in [2.05, 4.69) is 34.3 Å². The first-order valence-corrected chi connectivity index (χ1v) is 63.5. The molecule has 14 aliphatic rings. The van der Waals surface area contributed by atoms with Crippen LogP contribution in [0, 0.1) is 126 Å². The Bertz CT molecular complexity index is 5270. The summed E-state index contributed by atoms with van der Waals surface area (Å²) in [5.74, 6) is -8.47. The second-order valence-corrected chi connectivity index (χ2v) is 62.3. The lowest BCUT2D eigenvalue weighted by Gasteiger charge is -2.44. The van der Waals surface area contributed by atoms with Crippen LogP contribution in [0.5, 0.6) is 0 Å². The van der Waals surface area contributed by atoms with E-state index < -0.39 is 170 Å². The first kappa shape index (κ1) is 122. The number of carbonyl (C=O) groups excluding carboxylic acids is 15. The Morgan fingerprint density at radius 2 is 0.779 bits per heavy atom. The van der Waals surface area contributed by atoms with Gasteiger partial charge in [-0.1, -0.05) is 213 Å². The number of amides is 3. The van der Waals surface area contributed by atoms with Crippen molar-refractivity contribution < 1.29 is 107 Å². The number of carbonyl (C=O) groups is 15. The number of nitrogens with zero attached hydrogens (tertiary/aromatic N) is 3. The number of sulfone groups is 3. The minimum atomic E-state index is -3.52. The number of Topliss-reactive ketones (excluding diaryl/α,β-unsaturated/α-hetero) is 12. The molecule has 0 aromatic carbocycles. The molecule has 17 atom stereocenters.